The van der Waals surface area contributed by atoms with Crippen LogP contribution in [0.4, 0.5) is 0 Å². The molecule has 29 heavy (non-hydrogen) atoms. The number of fused-ring (bicyclic) bond motifs is 1. The number of rotatable bonds is 6. The fourth-order valence-corrected chi connectivity index (χ4v) is 4.69. The summed E-state index contributed by atoms with van der Waals surface area (Å²) in [5.74, 6) is 1.32. The predicted molar refractivity (Wildman–Crippen MR) is 112 cm³/mol. The van der Waals surface area contributed by atoms with E-state index in [1.165, 1.54) is 0 Å². The lowest BCUT2D eigenvalue weighted by molar-refractivity contribution is 0.0734. The number of β-amino-alcohol motifs (C(OH)–C–C–N with tert-alkyl or cyclic N) is 1. The molecule has 5 aliphatic rings. The first-order chi connectivity index (χ1) is 14.1. The zero-order valence-corrected chi connectivity index (χ0v) is 17.2. The molecule has 3 heterocycles. The summed E-state index contributed by atoms with van der Waals surface area (Å²) in [6, 6.07) is 0.0935. The number of aliphatic hydroxyl groups excluding tert-OH is 1. The second-order valence-electron chi connectivity index (χ2n) is 9.03. The lowest BCUT2D eigenvalue weighted by atomic mass is 9.86. The van der Waals surface area contributed by atoms with E-state index in [1.54, 1.807) is 0 Å². The molecular formula is C21H32N6O2. The smallest absolute Gasteiger partial charge is 0.106 e. The number of piperazine rings is 1. The van der Waals surface area contributed by atoms with Crippen LogP contribution in [0.25, 0.3) is 0 Å². The second kappa shape index (κ2) is 7.74. The van der Waals surface area contributed by atoms with Gasteiger partial charge in [0.05, 0.1) is 42.5 Å². The molecule has 0 amide bonds. The molecule has 3 atom stereocenters. The number of aliphatic imine (C=N–C) groups is 1. The Morgan fingerprint density at radius 1 is 1.24 bits per heavy atom. The van der Waals surface area contributed by atoms with Crippen molar-refractivity contribution < 1.29 is 9.84 Å². The summed E-state index contributed by atoms with van der Waals surface area (Å²) in [6.45, 7) is 7.22. The monoisotopic (exact) mass is 400 g/mol. The third-order valence-electron chi connectivity index (χ3n) is 6.81. The van der Waals surface area contributed by atoms with Gasteiger partial charge in [0.2, 0.25) is 0 Å². The lowest BCUT2D eigenvalue weighted by Gasteiger charge is -2.41. The molecule has 0 unspecified atom stereocenters. The molecule has 1 saturated heterocycles. The zero-order valence-electron chi connectivity index (χ0n) is 17.2. The van der Waals surface area contributed by atoms with Gasteiger partial charge in [-0.2, -0.15) is 5.10 Å². The molecule has 0 aromatic carbocycles. The molecule has 0 aromatic heterocycles. The van der Waals surface area contributed by atoms with Gasteiger partial charge < -0.3 is 15.2 Å². The summed E-state index contributed by atoms with van der Waals surface area (Å²) in [4.78, 5) is 9.56. The third-order valence-corrected chi connectivity index (χ3v) is 6.81. The van der Waals surface area contributed by atoms with Crippen LogP contribution in [0.15, 0.2) is 33.7 Å². The van der Waals surface area contributed by atoms with E-state index in [0.29, 0.717) is 0 Å². The van der Waals surface area contributed by atoms with E-state index in [2.05, 4.69) is 44.7 Å². The second-order valence-corrected chi connectivity index (χ2v) is 9.03. The normalized spacial score (nSPS) is 33.7. The van der Waals surface area contributed by atoms with Gasteiger partial charge in [-0.05, 0) is 31.9 Å². The van der Waals surface area contributed by atoms with Crippen LogP contribution in [0.2, 0.25) is 0 Å². The van der Waals surface area contributed by atoms with E-state index in [9.17, 15) is 0 Å². The van der Waals surface area contributed by atoms with Gasteiger partial charge >= 0.3 is 0 Å². The van der Waals surface area contributed by atoms with Crippen LogP contribution in [0.3, 0.4) is 0 Å². The molecule has 0 radical (unpaired) electrons. The Bertz CT molecular complexity index is 748. The minimum absolute atomic E-state index is 0.0523. The summed E-state index contributed by atoms with van der Waals surface area (Å²) in [6.07, 6.45) is 10.5. The van der Waals surface area contributed by atoms with Gasteiger partial charge in [-0.3, -0.25) is 20.2 Å². The third kappa shape index (κ3) is 4.06. The van der Waals surface area contributed by atoms with Crippen molar-refractivity contribution in [2.75, 3.05) is 39.3 Å². The van der Waals surface area contributed by atoms with Crippen molar-refractivity contribution in [2.45, 2.75) is 50.4 Å². The van der Waals surface area contributed by atoms with Crippen molar-refractivity contribution in [1.82, 2.24) is 20.5 Å². The van der Waals surface area contributed by atoms with Gasteiger partial charge in [0.15, 0.2) is 0 Å². The first kappa shape index (κ1) is 19.1. The topological polar surface area (TPSA) is 84.7 Å². The summed E-state index contributed by atoms with van der Waals surface area (Å²) in [5, 5.41) is 17.3. The summed E-state index contributed by atoms with van der Waals surface area (Å²) in [5.41, 5.74) is 5.58. The van der Waals surface area contributed by atoms with Gasteiger partial charge in [0.1, 0.15) is 5.60 Å². The quantitative estimate of drug-likeness (QED) is 0.607. The molecular weight excluding hydrogens is 368 g/mol. The van der Waals surface area contributed by atoms with Crippen LogP contribution in [0.1, 0.15) is 32.6 Å². The predicted octanol–water partition coefficient (Wildman–Crippen LogP) is 0.629. The number of aliphatic hydroxyl groups is 1. The molecule has 3 aliphatic heterocycles. The van der Waals surface area contributed by atoms with E-state index in [0.717, 1.165) is 75.6 Å². The number of nitrogens with zero attached hydrogens (tertiary/aromatic N) is 4. The molecule has 8 heteroatoms. The van der Waals surface area contributed by atoms with E-state index in [4.69, 9.17) is 14.8 Å². The minimum Gasteiger partial charge on any atom is -0.492 e. The Hall–Kier alpha value is -1.90. The molecule has 2 aliphatic carbocycles. The molecule has 0 spiro atoms. The largest absolute Gasteiger partial charge is 0.492 e. The van der Waals surface area contributed by atoms with E-state index < -0.39 is 0 Å². The Kier molecular flexibility index (Phi) is 5.09. The van der Waals surface area contributed by atoms with Crippen molar-refractivity contribution in [2.24, 2.45) is 16.0 Å². The number of nitrogens with one attached hydrogen (secondary N) is 2. The average molecular weight is 401 g/mol. The molecule has 8 nitrogen and oxygen atoms in total. The summed E-state index contributed by atoms with van der Waals surface area (Å²) < 4.78 is 6.23. The van der Waals surface area contributed by atoms with Crippen LogP contribution < -0.4 is 10.7 Å². The number of hydrogen-bond donors (Lipinski definition) is 3. The first-order valence-corrected chi connectivity index (χ1v) is 10.9. The van der Waals surface area contributed by atoms with Crippen LogP contribution >= 0.6 is 0 Å². The summed E-state index contributed by atoms with van der Waals surface area (Å²) in [7, 11) is 0. The van der Waals surface area contributed by atoms with Gasteiger partial charge in [0, 0.05) is 51.3 Å². The zero-order chi connectivity index (χ0) is 19.8. The fraction of sp³-hybridized carbons (Fsp3) is 0.714. The van der Waals surface area contributed by atoms with Gasteiger partial charge in [-0.15, -0.1) is 0 Å². The molecule has 1 saturated carbocycles. The number of hydrazone groups is 1. The SMILES string of the molecule is CC1(OC2=CC=C3NN=C([C@H]4C[C@@H](N5CCN(CCO)CC5)NC=N4)[C@H]3C2)CC1. The molecule has 3 N–H and O–H groups in total. The Morgan fingerprint density at radius 2 is 2.07 bits per heavy atom. The maximum atomic E-state index is 9.15. The standard InChI is InChI=1S/C21H32N6O2/c1-21(4-5-21)29-15-2-3-17-16(12-15)20(25-24-17)18-13-19(23-14-22-18)27-8-6-26(7-9-27)10-11-28/h2-3,14,16,18-19,24,28H,4-13H2,1H3,(H,22,23)/t16-,18+,19+/m0/s1. The van der Waals surface area contributed by atoms with Gasteiger partial charge in [0.25, 0.3) is 0 Å². The molecule has 5 rings (SSSR count). The molecule has 0 bridgehead atoms. The number of ether oxygens (including phenoxy) is 1. The minimum atomic E-state index is 0.0523. The highest BCUT2D eigenvalue weighted by Gasteiger charge is 2.43. The van der Waals surface area contributed by atoms with Crippen molar-refractivity contribution in [3.8, 4) is 0 Å². The highest BCUT2D eigenvalue weighted by atomic mass is 16.5. The molecule has 158 valence electrons. The molecule has 0 aromatic rings. The maximum absolute atomic E-state index is 9.15. The van der Waals surface area contributed by atoms with E-state index >= 15 is 0 Å². The van der Waals surface area contributed by atoms with Gasteiger partial charge in [-0.1, -0.05) is 0 Å². The van der Waals surface area contributed by atoms with Crippen molar-refractivity contribution in [1.29, 1.82) is 0 Å². The average Bonchev–Trinajstić information content (AvgIpc) is 3.31. The van der Waals surface area contributed by atoms with Crippen LogP contribution in [0, 0.1) is 5.92 Å². The van der Waals surface area contributed by atoms with E-state index in [-0.39, 0.29) is 30.3 Å². The fourth-order valence-electron chi connectivity index (χ4n) is 4.69. The Balaban J connectivity index is 1.20. The maximum Gasteiger partial charge on any atom is 0.106 e. The van der Waals surface area contributed by atoms with Crippen molar-refractivity contribution in [3.05, 3.63) is 23.6 Å². The highest BCUT2D eigenvalue weighted by molar-refractivity contribution is 5.96. The van der Waals surface area contributed by atoms with Gasteiger partial charge in [-0.25, -0.2) is 0 Å². The Morgan fingerprint density at radius 3 is 2.83 bits per heavy atom. The number of hydrogen-bond acceptors (Lipinski definition) is 8. The van der Waals surface area contributed by atoms with Crippen LogP contribution in [-0.2, 0) is 4.74 Å². The molecule has 2 fully saturated rings. The highest BCUT2D eigenvalue weighted by Crippen LogP contribution is 2.43. The van der Waals surface area contributed by atoms with Crippen molar-refractivity contribution in [3.63, 3.8) is 0 Å². The first-order valence-electron chi connectivity index (χ1n) is 10.9. The lowest BCUT2D eigenvalue weighted by Crippen LogP contribution is -2.57. The number of allylic oxidation sites excluding steroid dienone is 4. The summed E-state index contributed by atoms with van der Waals surface area (Å²) >= 11 is 0. The Labute approximate surface area is 172 Å². The van der Waals surface area contributed by atoms with Crippen LogP contribution in [0.5, 0.6) is 0 Å². The van der Waals surface area contributed by atoms with Crippen LogP contribution in [-0.4, -0.2) is 84.1 Å². The van der Waals surface area contributed by atoms with E-state index in [1.807, 2.05) is 6.34 Å². The van der Waals surface area contributed by atoms with Crippen molar-refractivity contribution >= 4 is 12.1 Å².